The molecule has 112 valence electrons. The molecule has 0 saturated heterocycles. The van der Waals surface area contributed by atoms with Gasteiger partial charge < -0.3 is 4.74 Å². The van der Waals surface area contributed by atoms with E-state index in [0.717, 1.165) is 15.5 Å². The van der Waals surface area contributed by atoms with E-state index in [1.807, 2.05) is 24.3 Å². The van der Waals surface area contributed by atoms with Gasteiger partial charge in [0.05, 0.1) is 17.6 Å². The predicted octanol–water partition coefficient (Wildman–Crippen LogP) is 2.75. The molecule has 0 bridgehead atoms. The van der Waals surface area contributed by atoms with Crippen LogP contribution in [0.15, 0.2) is 28.7 Å². The molecule has 0 unspecified atom stereocenters. The molecule has 0 N–H and O–H groups in total. The van der Waals surface area contributed by atoms with Crippen molar-refractivity contribution in [3.05, 3.63) is 34.4 Å². The highest BCUT2D eigenvalue weighted by molar-refractivity contribution is 9.10. The molecule has 2 aromatic rings. The van der Waals surface area contributed by atoms with Crippen molar-refractivity contribution in [2.24, 2.45) is 0 Å². The molecule has 0 saturated carbocycles. The number of halogens is 1. The van der Waals surface area contributed by atoms with E-state index in [0.29, 0.717) is 12.3 Å². The van der Waals surface area contributed by atoms with E-state index in [1.165, 1.54) is 0 Å². The summed E-state index contributed by atoms with van der Waals surface area (Å²) in [5.74, 6) is -0.372. The average Bonchev–Trinajstić information content (AvgIpc) is 2.84. The van der Waals surface area contributed by atoms with E-state index in [9.17, 15) is 4.79 Å². The van der Waals surface area contributed by atoms with Crippen molar-refractivity contribution < 1.29 is 9.53 Å². The maximum Gasteiger partial charge on any atom is 0.358 e. The largest absolute Gasteiger partial charge is 0.461 e. The molecule has 0 radical (unpaired) electrons. The van der Waals surface area contributed by atoms with Crippen molar-refractivity contribution in [1.82, 2.24) is 15.0 Å². The lowest BCUT2D eigenvalue weighted by atomic mass is 10.3. The van der Waals surface area contributed by atoms with Gasteiger partial charge in [-0.25, -0.2) is 9.48 Å². The third-order valence-electron chi connectivity index (χ3n) is 2.92. The monoisotopic (exact) mass is 367 g/mol. The van der Waals surface area contributed by atoms with Crippen LogP contribution in [0.3, 0.4) is 0 Å². The van der Waals surface area contributed by atoms with E-state index in [-0.39, 0.29) is 5.97 Å². The second-order valence-electron chi connectivity index (χ2n) is 5.65. The zero-order valence-corrected chi connectivity index (χ0v) is 15.1. The molecule has 0 spiro atoms. The summed E-state index contributed by atoms with van der Waals surface area (Å²) < 4.78 is 7.72. The summed E-state index contributed by atoms with van der Waals surface area (Å²) in [4.78, 5) is 12.3. The highest BCUT2D eigenvalue weighted by Gasteiger charge is 2.31. The zero-order valence-electron chi connectivity index (χ0n) is 12.6. The fraction of sp³-hybridized carbons (Fsp3) is 0.357. The molecule has 21 heavy (non-hydrogen) atoms. The van der Waals surface area contributed by atoms with Crippen LogP contribution in [0.5, 0.6) is 0 Å². The Balaban J connectivity index is 2.58. The summed E-state index contributed by atoms with van der Waals surface area (Å²) in [6.07, 6.45) is 0. The summed E-state index contributed by atoms with van der Waals surface area (Å²) in [5.41, 5.74) is 1.23. The maximum absolute atomic E-state index is 12.3. The topological polar surface area (TPSA) is 57.0 Å². The number of carbonyl (C=O) groups excluding carboxylic acids is 1. The van der Waals surface area contributed by atoms with Crippen LogP contribution in [0.4, 0.5) is 0 Å². The molecule has 1 aromatic heterocycles. The van der Waals surface area contributed by atoms with Gasteiger partial charge in [0, 0.05) is 4.47 Å². The molecule has 0 aliphatic heterocycles. The number of hydrogen-bond acceptors (Lipinski definition) is 4. The number of esters is 1. The summed E-state index contributed by atoms with van der Waals surface area (Å²) >= 11 is 3.40. The number of hydrogen-bond donors (Lipinski definition) is 0. The summed E-state index contributed by atoms with van der Waals surface area (Å²) in [6, 6.07) is 7.57. The molecule has 0 fully saturated rings. The minimum Gasteiger partial charge on any atom is -0.461 e. The van der Waals surface area contributed by atoms with Crippen LogP contribution < -0.4 is 5.32 Å². The van der Waals surface area contributed by atoms with Gasteiger partial charge in [-0.1, -0.05) is 40.8 Å². The van der Waals surface area contributed by atoms with Gasteiger partial charge in [-0.15, -0.1) is 5.10 Å². The fourth-order valence-corrected chi connectivity index (χ4v) is 3.46. The first-order valence-electron chi connectivity index (χ1n) is 6.74. The van der Waals surface area contributed by atoms with E-state index in [4.69, 9.17) is 4.74 Å². The molecule has 7 heteroatoms. The first-order valence-corrected chi connectivity index (χ1v) is 11.0. The van der Waals surface area contributed by atoms with Crippen molar-refractivity contribution in [2.45, 2.75) is 26.6 Å². The molecular formula is C14H18BrN3O2Si. The smallest absolute Gasteiger partial charge is 0.358 e. The number of carbonyl (C=O) groups is 1. The van der Waals surface area contributed by atoms with Crippen molar-refractivity contribution in [1.29, 1.82) is 0 Å². The van der Waals surface area contributed by atoms with Crippen LogP contribution in [0, 0.1) is 0 Å². The van der Waals surface area contributed by atoms with Crippen LogP contribution >= 0.6 is 15.9 Å². The van der Waals surface area contributed by atoms with Crippen molar-refractivity contribution in [2.75, 3.05) is 6.61 Å². The van der Waals surface area contributed by atoms with Gasteiger partial charge in [0.1, 0.15) is 8.07 Å². The second-order valence-corrected chi connectivity index (χ2v) is 11.5. The number of benzene rings is 1. The number of ether oxygens (including phenoxy) is 1. The van der Waals surface area contributed by atoms with Crippen molar-refractivity contribution >= 4 is 35.3 Å². The Kier molecular flexibility index (Phi) is 4.63. The Morgan fingerprint density at radius 1 is 1.29 bits per heavy atom. The van der Waals surface area contributed by atoms with Crippen LogP contribution in [0.1, 0.15) is 17.4 Å². The van der Waals surface area contributed by atoms with Gasteiger partial charge in [0.15, 0.2) is 5.69 Å². The van der Waals surface area contributed by atoms with Crippen LogP contribution in [0.25, 0.3) is 5.69 Å². The second kappa shape index (κ2) is 6.11. The third-order valence-corrected chi connectivity index (χ3v) is 5.21. The Labute approximate surface area is 133 Å². The van der Waals surface area contributed by atoms with Gasteiger partial charge in [-0.2, -0.15) is 0 Å². The first kappa shape index (κ1) is 15.9. The third kappa shape index (κ3) is 3.41. The van der Waals surface area contributed by atoms with Crippen molar-refractivity contribution in [3.63, 3.8) is 0 Å². The molecule has 0 atom stereocenters. The number of nitrogens with zero attached hydrogens (tertiary/aromatic N) is 3. The van der Waals surface area contributed by atoms with E-state index < -0.39 is 8.07 Å². The Morgan fingerprint density at radius 3 is 2.43 bits per heavy atom. The Morgan fingerprint density at radius 2 is 1.90 bits per heavy atom. The minimum atomic E-state index is -1.80. The zero-order chi connectivity index (χ0) is 15.6. The standard InChI is InChI=1S/C14H18BrN3O2Si/c1-5-20-14(19)12-13(21(2,3)4)16-17-18(12)11-8-6-10(15)7-9-11/h6-9H,5H2,1-4H3. The maximum atomic E-state index is 12.3. The van der Waals surface area contributed by atoms with Gasteiger partial charge in [-0.05, 0) is 31.2 Å². The van der Waals surface area contributed by atoms with Gasteiger partial charge in [0.25, 0.3) is 0 Å². The lowest BCUT2D eigenvalue weighted by molar-refractivity contribution is 0.0517. The van der Waals surface area contributed by atoms with E-state index >= 15 is 0 Å². The summed E-state index contributed by atoms with van der Waals surface area (Å²) in [6.45, 7) is 8.51. The summed E-state index contributed by atoms with van der Waals surface area (Å²) in [5, 5.41) is 9.19. The van der Waals surface area contributed by atoms with E-state index in [2.05, 4.69) is 45.9 Å². The van der Waals surface area contributed by atoms with Gasteiger partial charge in [0.2, 0.25) is 0 Å². The quantitative estimate of drug-likeness (QED) is 0.615. The normalized spacial score (nSPS) is 11.5. The van der Waals surface area contributed by atoms with Crippen LogP contribution in [-0.4, -0.2) is 35.6 Å². The Hall–Kier alpha value is -1.47. The molecule has 5 nitrogen and oxygen atoms in total. The average molecular weight is 368 g/mol. The van der Waals surface area contributed by atoms with Crippen molar-refractivity contribution in [3.8, 4) is 5.69 Å². The minimum absolute atomic E-state index is 0.329. The van der Waals surface area contributed by atoms with Crippen LogP contribution in [-0.2, 0) is 4.74 Å². The fourth-order valence-electron chi connectivity index (χ4n) is 1.93. The number of aromatic nitrogens is 3. The molecular weight excluding hydrogens is 350 g/mol. The molecule has 0 aliphatic carbocycles. The SMILES string of the molecule is CCOC(=O)c1c([Si](C)(C)C)nnn1-c1ccc(Br)cc1. The number of rotatable bonds is 4. The first-order chi connectivity index (χ1) is 9.84. The molecule has 0 aliphatic rings. The van der Waals surface area contributed by atoms with E-state index in [1.54, 1.807) is 11.6 Å². The Bertz CT molecular complexity index is 647. The lowest BCUT2D eigenvalue weighted by Gasteiger charge is -2.14. The predicted molar refractivity (Wildman–Crippen MR) is 88.0 cm³/mol. The lowest BCUT2D eigenvalue weighted by Crippen LogP contribution is -2.43. The highest BCUT2D eigenvalue weighted by Crippen LogP contribution is 2.16. The molecule has 2 rings (SSSR count). The summed E-state index contributed by atoms with van der Waals surface area (Å²) in [7, 11) is -1.80. The molecule has 0 amide bonds. The van der Waals surface area contributed by atoms with Gasteiger partial charge in [-0.3, -0.25) is 0 Å². The van der Waals surface area contributed by atoms with Crippen LogP contribution in [0.2, 0.25) is 19.6 Å². The molecule has 1 heterocycles. The highest BCUT2D eigenvalue weighted by atomic mass is 79.9. The molecule has 1 aromatic carbocycles. The van der Waals surface area contributed by atoms with Gasteiger partial charge >= 0.3 is 5.97 Å².